The van der Waals surface area contributed by atoms with Crippen molar-refractivity contribution in [2.75, 3.05) is 33.9 Å². The molecular weight excluding hydrogens is 747 g/mol. The second kappa shape index (κ2) is 33.9. The molecule has 3 N–H and O–H groups in total. The number of aryl methyl sites for hydroxylation is 1. The number of hydrogen-bond acceptors (Lipinski definition) is 11. The van der Waals surface area contributed by atoms with Gasteiger partial charge in [-0.1, -0.05) is 84.7 Å². The van der Waals surface area contributed by atoms with Crippen LogP contribution in [-0.4, -0.2) is 90.7 Å². The van der Waals surface area contributed by atoms with E-state index in [4.69, 9.17) is 20.0 Å². The standard InChI is InChI=1S/C20H31N3O6S.C13H18O.C6H13N.C2H5NO.C2H6/c1-6-7-8-18(26)23(11-28-13(4)24)16(12(2)3)9-17(29-14(5)25)20-22-15(10-30-20)19(21)27;1-11(12(2)14)7-6-10-13-8-4-3-5-9-13;1-7-5-3-2-4-6-7;1-3-2-4;1-2/h10,12,16-17H,6-9,11H2,1-5H3,(H2,21,27);3-5,8-9,11H,6-7,10H2,1-2H3;2-6H2,1H3;2H,1H3,(H,3,4);1-2H3. The first kappa shape index (κ1) is 54.9. The number of Topliss-reactive ketones (excluding diaryl/α,β-unsaturated/α-hetero) is 1. The number of amides is 3. The lowest BCUT2D eigenvalue weighted by Crippen LogP contribution is -2.46. The number of nitrogens with zero attached hydrogens (tertiary/aromatic N) is 3. The molecule has 1 aliphatic rings. The third-order valence-electron chi connectivity index (χ3n) is 8.79. The SMILES string of the molecule is CC.CC(=O)C(C)CCCc1ccccc1.CCCCC(=O)N(COC(C)=O)C(CC(OC(C)=O)c1nc(C(N)=O)cs1)C(C)C.CN1CCCCC1.CNC=O. The fourth-order valence-electron chi connectivity index (χ4n) is 5.42. The van der Waals surface area contributed by atoms with Crippen molar-refractivity contribution in [3.63, 3.8) is 0 Å². The van der Waals surface area contributed by atoms with Crippen molar-refractivity contribution in [2.45, 2.75) is 139 Å². The Balaban J connectivity index is 0. The Hall–Kier alpha value is -4.17. The summed E-state index contributed by atoms with van der Waals surface area (Å²) in [4.78, 5) is 75.4. The zero-order chi connectivity index (χ0) is 43.8. The maximum absolute atomic E-state index is 12.8. The van der Waals surface area contributed by atoms with E-state index in [0.717, 1.165) is 37.0 Å². The number of ketones is 1. The van der Waals surface area contributed by atoms with E-state index in [9.17, 15) is 24.0 Å². The number of likely N-dealkylation sites (tertiary alicyclic amines) is 1. The third-order valence-corrected chi connectivity index (χ3v) is 9.73. The number of esters is 2. The second-order valence-electron chi connectivity index (χ2n) is 14.0. The topological polar surface area (TPSA) is 178 Å². The Kier molecular flexibility index (Phi) is 32.7. The van der Waals surface area contributed by atoms with Crippen LogP contribution in [0.4, 0.5) is 0 Å². The molecule has 324 valence electrons. The number of benzene rings is 1. The van der Waals surface area contributed by atoms with Crippen molar-refractivity contribution >= 4 is 47.3 Å². The van der Waals surface area contributed by atoms with Crippen molar-refractivity contribution in [1.29, 1.82) is 0 Å². The highest BCUT2D eigenvalue weighted by Crippen LogP contribution is 2.31. The molecule has 1 aromatic heterocycles. The third kappa shape index (κ3) is 27.2. The van der Waals surface area contributed by atoms with Crippen LogP contribution >= 0.6 is 11.3 Å². The molecule has 1 aliphatic heterocycles. The first-order chi connectivity index (χ1) is 27.1. The van der Waals surface area contributed by atoms with E-state index in [1.54, 1.807) is 14.0 Å². The van der Waals surface area contributed by atoms with Gasteiger partial charge in [-0.2, -0.15) is 0 Å². The van der Waals surface area contributed by atoms with Crippen LogP contribution in [0.5, 0.6) is 0 Å². The van der Waals surface area contributed by atoms with Gasteiger partial charge < -0.3 is 30.3 Å². The molecule has 0 saturated carbocycles. The van der Waals surface area contributed by atoms with Crippen molar-refractivity contribution in [2.24, 2.45) is 17.6 Å². The Morgan fingerprint density at radius 3 is 2.00 bits per heavy atom. The number of ether oxygens (including phenoxy) is 2. The lowest BCUT2D eigenvalue weighted by Gasteiger charge is -2.35. The molecular formula is C43H73N5O8S. The summed E-state index contributed by atoms with van der Waals surface area (Å²) < 4.78 is 10.6. The number of nitrogens with one attached hydrogen (secondary N) is 1. The van der Waals surface area contributed by atoms with Gasteiger partial charge in [0, 0.05) is 51.1 Å². The highest BCUT2D eigenvalue weighted by atomic mass is 32.1. The summed E-state index contributed by atoms with van der Waals surface area (Å²) in [5, 5.41) is 4.17. The average molecular weight is 820 g/mol. The number of carbonyl (C=O) groups excluding carboxylic acids is 6. The van der Waals surface area contributed by atoms with Crippen molar-refractivity contribution in [3.05, 3.63) is 52.0 Å². The molecule has 57 heavy (non-hydrogen) atoms. The Morgan fingerprint density at radius 1 is 0.982 bits per heavy atom. The van der Waals surface area contributed by atoms with Crippen molar-refractivity contribution in [3.8, 4) is 0 Å². The number of thiazole rings is 1. The van der Waals surface area contributed by atoms with Gasteiger partial charge in [0.05, 0.1) is 0 Å². The molecule has 3 unspecified atom stereocenters. The summed E-state index contributed by atoms with van der Waals surface area (Å²) in [7, 11) is 3.76. The van der Waals surface area contributed by atoms with Crippen LogP contribution in [0.2, 0.25) is 0 Å². The van der Waals surface area contributed by atoms with E-state index in [1.807, 2.05) is 47.6 Å². The van der Waals surface area contributed by atoms with Gasteiger partial charge in [0.25, 0.3) is 5.91 Å². The van der Waals surface area contributed by atoms with E-state index in [2.05, 4.69) is 46.5 Å². The van der Waals surface area contributed by atoms with Crippen molar-refractivity contribution < 1.29 is 38.2 Å². The number of nitrogens with two attached hydrogens (primary N) is 1. The summed E-state index contributed by atoms with van der Waals surface area (Å²) in [5.74, 6) is -1.33. The number of aromatic nitrogens is 1. The minimum absolute atomic E-state index is 0.0280. The number of hydrogen-bond donors (Lipinski definition) is 2. The van der Waals surface area contributed by atoms with Crippen molar-refractivity contribution in [1.82, 2.24) is 20.1 Å². The quantitative estimate of drug-likeness (QED) is 0.0868. The van der Waals surface area contributed by atoms with Gasteiger partial charge in [-0.05, 0) is 77.1 Å². The minimum Gasteiger partial charge on any atom is -0.455 e. The Bertz CT molecular complexity index is 1400. The van der Waals surface area contributed by atoms with E-state index in [0.29, 0.717) is 30.0 Å². The van der Waals surface area contributed by atoms with Crippen LogP contribution in [0, 0.1) is 11.8 Å². The predicted octanol–water partition coefficient (Wildman–Crippen LogP) is 7.53. The number of piperidine rings is 1. The van der Waals surface area contributed by atoms with Crippen LogP contribution in [0.3, 0.4) is 0 Å². The fourth-order valence-corrected chi connectivity index (χ4v) is 6.27. The minimum atomic E-state index is -0.771. The van der Waals surface area contributed by atoms with Gasteiger partial charge in [-0.25, -0.2) is 4.98 Å². The normalized spacial score (nSPS) is 13.4. The van der Waals surface area contributed by atoms with Gasteiger partial charge in [0.15, 0.2) is 12.8 Å². The molecule has 2 heterocycles. The largest absolute Gasteiger partial charge is 0.455 e. The van der Waals surface area contributed by atoms with Gasteiger partial charge in [-0.3, -0.25) is 28.8 Å². The van der Waals surface area contributed by atoms with Gasteiger partial charge in [-0.15, -0.1) is 11.3 Å². The average Bonchev–Trinajstić information content (AvgIpc) is 3.69. The van der Waals surface area contributed by atoms with E-state index in [1.165, 1.54) is 62.0 Å². The first-order valence-electron chi connectivity index (χ1n) is 20.3. The van der Waals surface area contributed by atoms with Crippen LogP contribution < -0.4 is 11.1 Å². The maximum atomic E-state index is 12.8. The van der Waals surface area contributed by atoms with Gasteiger partial charge >= 0.3 is 11.9 Å². The monoisotopic (exact) mass is 820 g/mol. The van der Waals surface area contributed by atoms with Crippen LogP contribution in [0.15, 0.2) is 35.7 Å². The molecule has 3 atom stereocenters. The van der Waals surface area contributed by atoms with Crippen LogP contribution in [-0.2, 0) is 39.9 Å². The Labute approximate surface area is 346 Å². The Morgan fingerprint density at radius 2 is 1.58 bits per heavy atom. The molecule has 0 spiro atoms. The summed E-state index contributed by atoms with van der Waals surface area (Å²) in [5.41, 5.74) is 6.73. The summed E-state index contributed by atoms with van der Waals surface area (Å²) in [6, 6.07) is 10.0. The molecule has 0 aliphatic carbocycles. The first-order valence-corrected chi connectivity index (χ1v) is 21.1. The van der Waals surface area contributed by atoms with Crippen LogP contribution in [0.25, 0.3) is 0 Å². The second-order valence-corrected chi connectivity index (χ2v) is 14.9. The smallest absolute Gasteiger partial charge is 0.304 e. The summed E-state index contributed by atoms with van der Waals surface area (Å²) >= 11 is 1.16. The number of unbranched alkanes of at least 4 members (excludes halogenated alkanes) is 1. The number of primary amides is 1. The fraction of sp³-hybridized carbons (Fsp3) is 0.651. The van der Waals surface area contributed by atoms with E-state index in [-0.39, 0.29) is 42.6 Å². The summed E-state index contributed by atoms with van der Waals surface area (Å²) in [6.07, 6.45) is 9.44. The molecule has 2 aromatic rings. The molecule has 3 amide bonds. The highest BCUT2D eigenvalue weighted by molar-refractivity contribution is 7.09. The highest BCUT2D eigenvalue weighted by Gasteiger charge is 2.32. The molecule has 0 bridgehead atoms. The number of carbonyl (C=O) groups is 6. The summed E-state index contributed by atoms with van der Waals surface area (Å²) in [6.45, 7) is 18.5. The van der Waals surface area contributed by atoms with Gasteiger partial charge in [0.2, 0.25) is 12.3 Å². The lowest BCUT2D eigenvalue weighted by molar-refractivity contribution is -0.156. The molecule has 1 saturated heterocycles. The zero-order valence-electron chi connectivity index (χ0n) is 36.6. The zero-order valence-corrected chi connectivity index (χ0v) is 37.5. The predicted molar refractivity (Wildman–Crippen MR) is 228 cm³/mol. The molecule has 14 heteroatoms. The van der Waals surface area contributed by atoms with E-state index < -0.39 is 23.9 Å². The molecule has 13 nitrogen and oxygen atoms in total. The molecule has 1 aromatic carbocycles. The maximum Gasteiger partial charge on any atom is 0.304 e. The van der Waals surface area contributed by atoms with Gasteiger partial charge in [0.1, 0.15) is 16.5 Å². The van der Waals surface area contributed by atoms with Crippen LogP contribution in [0.1, 0.15) is 147 Å². The molecule has 1 fully saturated rings. The lowest BCUT2D eigenvalue weighted by atomic mass is 9.95. The van der Waals surface area contributed by atoms with E-state index >= 15 is 0 Å². The molecule has 3 rings (SSSR count). The number of rotatable bonds is 18. The molecule has 0 radical (unpaired) electrons.